The molecule has 0 amide bonds. The molecule has 0 bridgehead atoms. The zero-order chi connectivity index (χ0) is 5.98. The van der Waals surface area contributed by atoms with Crippen LogP contribution in [0.5, 0.6) is 0 Å². The van der Waals surface area contributed by atoms with Gasteiger partial charge in [0.25, 0.3) is 0 Å². The largest absolute Gasteiger partial charge is 0.285 e. The molecular weight excluding hydrogens is 120 g/mol. The average molecular weight is 125 g/mol. The number of aryl methyl sites for hydroxylation is 1. The van der Waals surface area contributed by atoms with Crippen LogP contribution < -0.4 is 0 Å². The van der Waals surface area contributed by atoms with E-state index in [2.05, 4.69) is 0 Å². The van der Waals surface area contributed by atoms with Crippen LogP contribution in [0.2, 0.25) is 0 Å². The molecule has 0 spiro atoms. The summed E-state index contributed by atoms with van der Waals surface area (Å²) < 4.78 is 0. The highest BCUT2D eigenvalue weighted by Gasteiger charge is 1.94. The molecule has 1 nitrogen and oxygen atoms in total. The van der Waals surface area contributed by atoms with E-state index in [9.17, 15) is 4.79 Å². The van der Waals surface area contributed by atoms with Crippen molar-refractivity contribution in [2.75, 3.05) is 0 Å². The molecular formula is C6H5OS. The Labute approximate surface area is 52.0 Å². The van der Waals surface area contributed by atoms with E-state index in [-0.39, 0.29) is 0 Å². The van der Waals surface area contributed by atoms with Gasteiger partial charge in [-0.05, 0) is 17.9 Å². The van der Waals surface area contributed by atoms with Crippen molar-refractivity contribution >= 4 is 17.6 Å². The zero-order valence-electron chi connectivity index (χ0n) is 4.47. The molecule has 0 aromatic carbocycles. The molecule has 41 valence electrons. The first-order valence-corrected chi connectivity index (χ1v) is 3.20. The summed E-state index contributed by atoms with van der Waals surface area (Å²) in [7, 11) is 0. The van der Waals surface area contributed by atoms with E-state index in [0.717, 1.165) is 5.56 Å². The minimum Gasteiger partial charge on any atom is -0.285 e. The Kier molecular flexibility index (Phi) is 1.44. The Morgan fingerprint density at radius 1 is 1.62 bits per heavy atom. The highest BCUT2D eigenvalue weighted by Crippen LogP contribution is 2.09. The quantitative estimate of drug-likeness (QED) is 0.556. The third kappa shape index (κ3) is 0.793. The van der Waals surface area contributed by atoms with Crippen LogP contribution in [-0.4, -0.2) is 6.29 Å². The molecule has 1 radical (unpaired) electrons. The second kappa shape index (κ2) is 2.09. The van der Waals surface area contributed by atoms with Crippen molar-refractivity contribution in [3.05, 3.63) is 21.9 Å². The summed E-state index contributed by atoms with van der Waals surface area (Å²) in [6.45, 7) is 1.90. The maximum Gasteiger partial charge on any atom is 0.234 e. The summed E-state index contributed by atoms with van der Waals surface area (Å²) in [5, 5.41) is 3.72. The Bertz CT molecular complexity index is 190. The number of thiophene rings is 1. The summed E-state index contributed by atoms with van der Waals surface area (Å²) in [5.74, 6) is 0. The van der Waals surface area contributed by atoms with Gasteiger partial charge < -0.3 is 0 Å². The van der Waals surface area contributed by atoms with Gasteiger partial charge in [0.2, 0.25) is 6.29 Å². The van der Waals surface area contributed by atoms with E-state index in [4.69, 9.17) is 0 Å². The lowest BCUT2D eigenvalue weighted by molar-refractivity contribution is 0.562. The van der Waals surface area contributed by atoms with Crippen LogP contribution in [0.4, 0.5) is 0 Å². The summed E-state index contributed by atoms with van der Waals surface area (Å²) in [6, 6.07) is 0. The van der Waals surface area contributed by atoms with Gasteiger partial charge in [-0.1, -0.05) is 0 Å². The predicted molar refractivity (Wildman–Crippen MR) is 33.9 cm³/mol. The standard InChI is InChI=1S/C6H5OS/c1-5-3-8-4-6(5)2-7/h3-4H,1H3. The van der Waals surface area contributed by atoms with Crippen molar-refractivity contribution in [2.24, 2.45) is 0 Å². The molecule has 0 aliphatic carbocycles. The van der Waals surface area contributed by atoms with Gasteiger partial charge in [0, 0.05) is 10.9 Å². The summed E-state index contributed by atoms with van der Waals surface area (Å²) in [6.07, 6.45) is 1.84. The lowest BCUT2D eigenvalue weighted by atomic mass is 10.2. The maximum absolute atomic E-state index is 9.97. The minimum atomic E-state index is 0.690. The first kappa shape index (κ1) is 5.51. The Morgan fingerprint density at radius 2 is 2.38 bits per heavy atom. The third-order valence-corrected chi connectivity index (χ3v) is 1.83. The van der Waals surface area contributed by atoms with Gasteiger partial charge in [-0.3, -0.25) is 4.79 Å². The second-order valence-corrected chi connectivity index (χ2v) is 2.31. The smallest absolute Gasteiger partial charge is 0.234 e. The normalized spacial score (nSPS) is 9.12. The van der Waals surface area contributed by atoms with E-state index >= 15 is 0 Å². The van der Waals surface area contributed by atoms with Crippen LogP contribution in [0.25, 0.3) is 0 Å². The van der Waals surface area contributed by atoms with Gasteiger partial charge >= 0.3 is 0 Å². The molecule has 0 N–H and O–H groups in total. The molecule has 1 rings (SSSR count). The van der Waals surface area contributed by atoms with E-state index in [0.29, 0.717) is 5.56 Å². The monoisotopic (exact) mass is 125 g/mol. The molecule has 0 fully saturated rings. The topological polar surface area (TPSA) is 17.1 Å². The van der Waals surface area contributed by atoms with Gasteiger partial charge in [0.15, 0.2) is 0 Å². The fourth-order valence-corrected chi connectivity index (χ4v) is 1.23. The van der Waals surface area contributed by atoms with Gasteiger partial charge in [0.05, 0.1) is 0 Å². The lowest BCUT2D eigenvalue weighted by Gasteiger charge is -1.77. The van der Waals surface area contributed by atoms with E-state index in [1.165, 1.54) is 11.3 Å². The predicted octanol–water partition coefficient (Wildman–Crippen LogP) is 1.51. The van der Waals surface area contributed by atoms with E-state index in [1.807, 2.05) is 18.6 Å². The van der Waals surface area contributed by atoms with E-state index in [1.54, 1.807) is 5.38 Å². The highest BCUT2D eigenvalue weighted by atomic mass is 32.1. The highest BCUT2D eigenvalue weighted by molar-refractivity contribution is 7.08. The van der Waals surface area contributed by atoms with Crippen LogP contribution in [-0.2, 0) is 4.79 Å². The van der Waals surface area contributed by atoms with Gasteiger partial charge in [0.1, 0.15) is 0 Å². The number of hydrogen-bond acceptors (Lipinski definition) is 2. The number of carbonyl (C=O) groups excluding carboxylic acids is 1. The maximum atomic E-state index is 9.97. The Balaban J connectivity index is 3.09. The second-order valence-electron chi connectivity index (χ2n) is 1.57. The SMILES string of the molecule is Cc1cscc1[C]=O. The van der Waals surface area contributed by atoms with Crippen molar-refractivity contribution in [3.8, 4) is 0 Å². The molecule has 0 aliphatic heterocycles. The van der Waals surface area contributed by atoms with Crippen LogP contribution >= 0.6 is 11.3 Å². The lowest BCUT2D eigenvalue weighted by Crippen LogP contribution is -1.75. The van der Waals surface area contributed by atoms with Crippen molar-refractivity contribution in [1.29, 1.82) is 0 Å². The van der Waals surface area contributed by atoms with E-state index < -0.39 is 0 Å². The van der Waals surface area contributed by atoms with Crippen molar-refractivity contribution < 1.29 is 4.79 Å². The third-order valence-electron chi connectivity index (χ3n) is 0.966. The Morgan fingerprint density at radius 3 is 2.62 bits per heavy atom. The summed E-state index contributed by atoms with van der Waals surface area (Å²) in [4.78, 5) is 9.97. The van der Waals surface area contributed by atoms with Crippen LogP contribution in [0.1, 0.15) is 11.1 Å². The molecule has 1 aromatic heterocycles. The zero-order valence-corrected chi connectivity index (χ0v) is 5.29. The Hall–Kier alpha value is -0.630. The van der Waals surface area contributed by atoms with Crippen LogP contribution in [0, 0.1) is 6.92 Å². The van der Waals surface area contributed by atoms with Crippen LogP contribution in [0.15, 0.2) is 10.8 Å². The molecule has 2 heteroatoms. The molecule has 8 heavy (non-hydrogen) atoms. The molecule has 0 atom stereocenters. The van der Waals surface area contributed by atoms with Crippen molar-refractivity contribution in [2.45, 2.75) is 6.92 Å². The average Bonchev–Trinajstić information content (AvgIpc) is 2.14. The van der Waals surface area contributed by atoms with Gasteiger partial charge in [-0.2, -0.15) is 11.3 Å². The molecule has 0 saturated heterocycles. The fourth-order valence-electron chi connectivity index (χ4n) is 0.465. The summed E-state index contributed by atoms with van der Waals surface area (Å²) in [5.41, 5.74) is 1.71. The molecule has 0 saturated carbocycles. The number of rotatable bonds is 1. The van der Waals surface area contributed by atoms with Crippen molar-refractivity contribution in [3.63, 3.8) is 0 Å². The fraction of sp³-hybridized carbons (Fsp3) is 0.167. The van der Waals surface area contributed by atoms with Gasteiger partial charge in [-0.15, -0.1) is 0 Å². The van der Waals surface area contributed by atoms with Gasteiger partial charge in [-0.25, -0.2) is 0 Å². The number of hydrogen-bond donors (Lipinski definition) is 0. The first-order chi connectivity index (χ1) is 3.84. The molecule has 1 aromatic rings. The molecule has 0 aliphatic rings. The summed E-state index contributed by atoms with van der Waals surface area (Å²) >= 11 is 1.53. The first-order valence-electron chi connectivity index (χ1n) is 2.25. The van der Waals surface area contributed by atoms with Crippen LogP contribution in [0.3, 0.4) is 0 Å². The van der Waals surface area contributed by atoms with Crippen molar-refractivity contribution in [1.82, 2.24) is 0 Å². The minimum absolute atomic E-state index is 0.690. The molecule has 1 heterocycles. The molecule has 0 unspecified atom stereocenters.